The van der Waals surface area contributed by atoms with Crippen molar-refractivity contribution in [3.63, 3.8) is 0 Å². The zero-order chi connectivity index (χ0) is 18.7. The van der Waals surface area contributed by atoms with Crippen LogP contribution in [0.3, 0.4) is 0 Å². The number of rotatable bonds is 7. The predicted octanol–water partition coefficient (Wildman–Crippen LogP) is 3.23. The van der Waals surface area contributed by atoms with E-state index in [-0.39, 0.29) is 12.5 Å². The summed E-state index contributed by atoms with van der Waals surface area (Å²) in [6.07, 6.45) is 1.49. The Kier molecular flexibility index (Phi) is 5.07. The Morgan fingerprint density at radius 1 is 1.19 bits per heavy atom. The number of hydrogen-bond acceptors (Lipinski definition) is 2. The molecule has 0 radical (unpaired) electrons. The molecule has 1 unspecified atom stereocenters. The molecule has 0 spiro atoms. The molecule has 5 heteroatoms. The summed E-state index contributed by atoms with van der Waals surface area (Å²) >= 11 is 0. The van der Waals surface area contributed by atoms with Crippen molar-refractivity contribution in [2.75, 3.05) is 6.54 Å². The zero-order valence-electron chi connectivity index (χ0n) is 14.7. The van der Waals surface area contributed by atoms with Crippen LogP contribution in [0.1, 0.15) is 29.5 Å². The number of amides is 1. The van der Waals surface area contributed by atoms with Gasteiger partial charge in [-0.2, -0.15) is 0 Å². The van der Waals surface area contributed by atoms with Crippen LogP contribution in [0.25, 0.3) is 0 Å². The molecule has 0 bridgehead atoms. The van der Waals surface area contributed by atoms with Gasteiger partial charge in [0.05, 0.1) is 11.3 Å². The first-order chi connectivity index (χ1) is 12.4. The molecular formula is C21H22FNO3. The molecule has 2 aromatic carbocycles. The van der Waals surface area contributed by atoms with E-state index in [1.165, 1.54) is 6.07 Å². The average molecular weight is 355 g/mol. The van der Waals surface area contributed by atoms with Crippen molar-refractivity contribution < 1.29 is 19.1 Å². The highest BCUT2D eigenvalue weighted by Crippen LogP contribution is 2.49. The van der Waals surface area contributed by atoms with Crippen LogP contribution in [-0.4, -0.2) is 23.5 Å². The highest BCUT2D eigenvalue weighted by atomic mass is 19.1. The number of carboxylic acid groups (broad SMARTS) is 1. The average Bonchev–Trinajstić information content (AvgIpc) is 3.40. The summed E-state index contributed by atoms with van der Waals surface area (Å²) in [7, 11) is 0. The highest BCUT2D eigenvalue weighted by Gasteiger charge is 2.52. The van der Waals surface area contributed by atoms with Crippen LogP contribution in [-0.2, 0) is 21.4 Å². The van der Waals surface area contributed by atoms with Gasteiger partial charge in [0.25, 0.3) is 0 Å². The van der Waals surface area contributed by atoms with Gasteiger partial charge in [0.15, 0.2) is 0 Å². The maximum atomic E-state index is 14.1. The molecule has 0 saturated heterocycles. The summed E-state index contributed by atoms with van der Waals surface area (Å²) in [5.74, 6) is -2.37. The fourth-order valence-electron chi connectivity index (χ4n) is 3.35. The summed E-state index contributed by atoms with van der Waals surface area (Å²) < 4.78 is 14.1. The molecule has 0 heterocycles. The number of hydrogen-bond donors (Lipinski definition) is 2. The van der Waals surface area contributed by atoms with Gasteiger partial charge in [-0.3, -0.25) is 9.59 Å². The number of carboxylic acids is 1. The molecule has 0 aliphatic heterocycles. The molecule has 0 aromatic heterocycles. The minimum Gasteiger partial charge on any atom is -0.481 e. The van der Waals surface area contributed by atoms with Crippen molar-refractivity contribution in [1.82, 2.24) is 5.32 Å². The number of aryl methyl sites for hydroxylation is 1. The van der Waals surface area contributed by atoms with Gasteiger partial charge in [-0.05, 0) is 37.8 Å². The van der Waals surface area contributed by atoms with E-state index >= 15 is 0 Å². The molecule has 1 saturated carbocycles. The number of aliphatic carboxylic acids is 1. The van der Waals surface area contributed by atoms with Gasteiger partial charge in [-0.25, -0.2) is 4.39 Å². The topological polar surface area (TPSA) is 66.4 Å². The Hall–Kier alpha value is -2.69. The van der Waals surface area contributed by atoms with E-state index in [1.807, 2.05) is 31.2 Å². The maximum Gasteiger partial charge on any atom is 0.308 e. The highest BCUT2D eigenvalue weighted by molar-refractivity contribution is 5.91. The number of halogens is 1. The molecule has 1 amide bonds. The summed E-state index contributed by atoms with van der Waals surface area (Å²) in [6.45, 7) is 1.98. The Bertz CT molecular complexity index is 830. The standard InChI is InChI=1S/C21H22FNO3/c1-14-5-4-6-15(11-14)12-16(19(24)25)13-23-20(26)21(9-10-21)17-7-2-3-8-18(17)22/h2-8,11,16H,9-10,12-13H2,1H3,(H,23,26)(H,24,25). The van der Waals surface area contributed by atoms with E-state index in [9.17, 15) is 19.1 Å². The van der Waals surface area contributed by atoms with Gasteiger partial charge in [0.2, 0.25) is 5.91 Å². The first-order valence-electron chi connectivity index (χ1n) is 8.74. The monoisotopic (exact) mass is 355 g/mol. The summed E-state index contributed by atoms with van der Waals surface area (Å²) in [5.41, 5.74) is 1.52. The quantitative estimate of drug-likeness (QED) is 0.801. The van der Waals surface area contributed by atoms with Gasteiger partial charge in [-0.1, -0.05) is 48.0 Å². The van der Waals surface area contributed by atoms with Gasteiger partial charge >= 0.3 is 5.97 Å². The smallest absolute Gasteiger partial charge is 0.308 e. The van der Waals surface area contributed by atoms with Gasteiger partial charge in [-0.15, -0.1) is 0 Å². The molecule has 2 aromatic rings. The molecule has 1 aliphatic carbocycles. The SMILES string of the molecule is Cc1cccc(CC(CNC(=O)C2(c3ccccc3F)CC2)C(=O)O)c1. The maximum absolute atomic E-state index is 14.1. The molecule has 1 aliphatic rings. The van der Waals surface area contributed by atoms with Crippen molar-refractivity contribution in [2.24, 2.45) is 5.92 Å². The molecule has 3 rings (SSSR count). The second-order valence-electron chi connectivity index (χ2n) is 7.00. The molecule has 136 valence electrons. The lowest BCUT2D eigenvalue weighted by Gasteiger charge is -2.19. The molecular weight excluding hydrogens is 333 g/mol. The largest absolute Gasteiger partial charge is 0.481 e. The Balaban J connectivity index is 1.67. The van der Waals surface area contributed by atoms with Crippen LogP contribution < -0.4 is 5.32 Å². The Morgan fingerprint density at radius 3 is 2.54 bits per heavy atom. The van der Waals surface area contributed by atoms with Gasteiger partial charge in [0, 0.05) is 12.1 Å². The van der Waals surface area contributed by atoms with E-state index < -0.39 is 23.1 Å². The van der Waals surface area contributed by atoms with E-state index in [2.05, 4.69) is 5.32 Å². The van der Waals surface area contributed by atoms with E-state index in [0.29, 0.717) is 24.8 Å². The Morgan fingerprint density at radius 2 is 1.92 bits per heavy atom. The summed E-state index contributed by atoms with van der Waals surface area (Å²) in [4.78, 5) is 24.2. The zero-order valence-corrected chi connectivity index (χ0v) is 14.7. The van der Waals surface area contributed by atoms with Crippen LogP contribution in [0.2, 0.25) is 0 Å². The van der Waals surface area contributed by atoms with Crippen LogP contribution in [0, 0.1) is 18.7 Å². The number of carbonyl (C=O) groups is 2. The second kappa shape index (κ2) is 7.28. The van der Waals surface area contributed by atoms with Crippen molar-refractivity contribution in [3.8, 4) is 0 Å². The first-order valence-corrected chi connectivity index (χ1v) is 8.74. The number of carbonyl (C=O) groups excluding carboxylic acids is 1. The van der Waals surface area contributed by atoms with Crippen LogP contribution >= 0.6 is 0 Å². The lowest BCUT2D eigenvalue weighted by Crippen LogP contribution is -2.40. The summed E-state index contributed by atoms with van der Waals surface area (Å²) in [6, 6.07) is 13.9. The van der Waals surface area contributed by atoms with Crippen molar-refractivity contribution in [3.05, 3.63) is 71.0 Å². The molecule has 2 N–H and O–H groups in total. The lowest BCUT2D eigenvalue weighted by molar-refractivity contribution is -0.141. The van der Waals surface area contributed by atoms with Gasteiger partial charge < -0.3 is 10.4 Å². The van der Waals surface area contributed by atoms with E-state index in [4.69, 9.17) is 0 Å². The fraction of sp³-hybridized carbons (Fsp3) is 0.333. The fourth-order valence-corrected chi connectivity index (χ4v) is 3.35. The third kappa shape index (κ3) is 3.77. The molecule has 26 heavy (non-hydrogen) atoms. The van der Waals surface area contributed by atoms with Crippen molar-refractivity contribution in [1.29, 1.82) is 0 Å². The van der Waals surface area contributed by atoms with Crippen LogP contribution in [0.15, 0.2) is 48.5 Å². The minimum atomic E-state index is -0.956. The van der Waals surface area contributed by atoms with Crippen LogP contribution in [0.5, 0.6) is 0 Å². The third-order valence-electron chi connectivity index (χ3n) is 5.00. The first kappa shape index (κ1) is 18.1. The normalized spacial score (nSPS) is 15.9. The number of nitrogens with one attached hydrogen (secondary N) is 1. The molecule has 1 atom stereocenters. The Labute approximate surface area is 152 Å². The van der Waals surface area contributed by atoms with Crippen molar-refractivity contribution in [2.45, 2.75) is 31.6 Å². The number of benzene rings is 2. The second-order valence-corrected chi connectivity index (χ2v) is 7.00. The summed E-state index contributed by atoms with van der Waals surface area (Å²) in [5, 5.41) is 12.2. The lowest BCUT2D eigenvalue weighted by atomic mass is 9.93. The third-order valence-corrected chi connectivity index (χ3v) is 5.00. The van der Waals surface area contributed by atoms with E-state index in [1.54, 1.807) is 18.2 Å². The molecule has 1 fully saturated rings. The van der Waals surface area contributed by atoms with Crippen molar-refractivity contribution >= 4 is 11.9 Å². The van der Waals surface area contributed by atoms with E-state index in [0.717, 1.165) is 11.1 Å². The molecule has 4 nitrogen and oxygen atoms in total. The minimum absolute atomic E-state index is 0.0261. The van der Waals surface area contributed by atoms with Gasteiger partial charge in [0.1, 0.15) is 5.82 Å². The predicted molar refractivity (Wildman–Crippen MR) is 96.3 cm³/mol. The van der Waals surface area contributed by atoms with Crippen LogP contribution in [0.4, 0.5) is 4.39 Å².